The number of hydrogen-bond acceptors (Lipinski definition) is 4. The second-order valence-corrected chi connectivity index (χ2v) is 5.53. The van der Waals surface area contributed by atoms with Crippen molar-refractivity contribution in [2.24, 2.45) is 5.41 Å². The van der Waals surface area contributed by atoms with Crippen LogP contribution in [-0.4, -0.2) is 43.0 Å². The number of nitrogens with zero attached hydrogens (tertiary/aromatic N) is 1. The van der Waals surface area contributed by atoms with Gasteiger partial charge in [-0.2, -0.15) is 0 Å². The van der Waals surface area contributed by atoms with Crippen LogP contribution in [0.25, 0.3) is 0 Å². The molecule has 2 aliphatic rings. The minimum atomic E-state index is -0.397. The Bertz CT molecular complexity index is 509. The Morgan fingerprint density at radius 1 is 1.35 bits per heavy atom. The highest BCUT2D eigenvalue weighted by molar-refractivity contribution is 5.93. The van der Waals surface area contributed by atoms with Crippen molar-refractivity contribution < 1.29 is 14.3 Å². The Morgan fingerprint density at radius 2 is 2.15 bits per heavy atom. The maximum absolute atomic E-state index is 12.1. The smallest absolute Gasteiger partial charge is 0.410 e. The SMILES string of the molecule is O=C(OCc1ccccc1)N1CC(=O)C2(CCNC2)C1. The molecule has 3 rings (SSSR count). The van der Waals surface area contributed by atoms with Gasteiger partial charge < -0.3 is 10.1 Å². The number of amides is 1. The van der Waals surface area contributed by atoms with Crippen LogP contribution in [0.4, 0.5) is 4.79 Å². The third-order valence-electron chi connectivity index (χ3n) is 4.13. The van der Waals surface area contributed by atoms with Gasteiger partial charge in [0.2, 0.25) is 0 Å². The van der Waals surface area contributed by atoms with Gasteiger partial charge in [-0.15, -0.1) is 0 Å². The van der Waals surface area contributed by atoms with E-state index < -0.39 is 6.09 Å². The number of Topliss-reactive ketones (excluding diaryl/α,β-unsaturated/α-hetero) is 1. The lowest BCUT2D eigenvalue weighted by Crippen LogP contribution is -2.34. The van der Waals surface area contributed by atoms with E-state index >= 15 is 0 Å². The minimum Gasteiger partial charge on any atom is -0.445 e. The molecule has 1 unspecified atom stereocenters. The molecule has 2 aliphatic heterocycles. The molecule has 1 amide bonds. The summed E-state index contributed by atoms with van der Waals surface area (Å²) in [4.78, 5) is 25.7. The van der Waals surface area contributed by atoms with E-state index in [1.54, 1.807) is 0 Å². The van der Waals surface area contributed by atoms with E-state index in [0.717, 1.165) is 18.5 Å². The highest BCUT2D eigenvalue weighted by Gasteiger charge is 2.49. The van der Waals surface area contributed by atoms with E-state index in [2.05, 4.69) is 5.32 Å². The first-order chi connectivity index (χ1) is 9.70. The quantitative estimate of drug-likeness (QED) is 0.880. The fourth-order valence-corrected chi connectivity index (χ4v) is 2.91. The summed E-state index contributed by atoms with van der Waals surface area (Å²) in [6, 6.07) is 9.54. The van der Waals surface area contributed by atoms with Crippen LogP contribution >= 0.6 is 0 Å². The zero-order valence-corrected chi connectivity index (χ0v) is 11.3. The van der Waals surface area contributed by atoms with Crippen molar-refractivity contribution in [3.8, 4) is 0 Å². The van der Waals surface area contributed by atoms with Crippen LogP contribution in [0.3, 0.4) is 0 Å². The number of carbonyl (C=O) groups is 2. The summed E-state index contributed by atoms with van der Waals surface area (Å²) in [5.74, 6) is 0.152. The Kier molecular flexibility index (Phi) is 3.44. The van der Waals surface area contributed by atoms with Gasteiger partial charge in [-0.1, -0.05) is 30.3 Å². The van der Waals surface area contributed by atoms with Gasteiger partial charge in [0.1, 0.15) is 6.61 Å². The molecule has 5 heteroatoms. The molecule has 1 aromatic rings. The summed E-state index contributed by atoms with van der Waals surface area (Å²) in [5, 5.41) is 3.20. The van der Waals surface area contributed by atoms with Crippen molar-refractivity contribution in [3.05, 3.63) is 35.9 Å². The lowest BCUT2D eigenvalue weighted by Gasteiger charge is -2.20. The van der Waals surface area contributed by atoms with Crippen molar-refractivity contribution >= 4 is 11.9 Å². The van der Waals surface area contributed by atoms with Crippen LogP contribution in [0, 0.1) is 5.41 Å². The topological polar surface area (TPSA) is 58.6 Å². The van der Waals surface area contributed by atoms with Gasteiger partial charge in [0.25, 0.3) is 0 Å². The van der Waals surface area contributed by atoms with Gasteiger partial charge in [0.05, 0.1) is 12.0 Å². The highest BCUT2D eigenvalue weighted by Crippen LogP contribution is 2.33. The second-order valence-electron chi connectivity index (χ2n) is 5.53. The third-order valence-corrected chi connectivity index (χ3v) is 4.13. The number of ether oxygens (including phenoxy) is 1. The summed E-state index contributed by atoms with van der Waals surface area (Å²) in [6.45, 7) is 2.42. The predicted octanol–water partition coefficient (Wildman–Crippen LogP) is 1.19. The van der Waals surface area contributed by atoms with Crippen LogP contribution in [0.5, 0.6) is 0 Å². The molecule has 20 heavy (non-hydrogen) atoms. The predicted molar refractivity (Wildman–Crippen MR) is 73.1 cm³/mol. The number of ketones is 1. The molecule has 0 radical (unpaired) electrons. The summed E-state index contributed by atoms with van der Waals surface area (Å²) in [6.07, 6.45) is 0.417. The summed E-state index contributed by atoms with van der Waals surface area (Å²) in [7, 11) is 0. The first kappa shape index (κ1) is 13.1. The Morgan fingerprint density at radius 3 is 2.85 bits per heavy atom. The lowest BCUT2D eigenvalue weighted by atomic mass is 9.85. The highest BCUT2D eigenvalue weighted by atomic mass is 16.6. The summed E-state index contributed by atoms with van der Waals surface area (Å²) < 4.78 is 5.28. The fourth-order valence-electron chi connectivity index (χ4n) is 2.91. The first-order valence-electron chi connectivity index (χ1n) is 6.89. The molecule has 2 fully saturated rings. The number of hydrogen-bond donors (Lipinski definition) is 1. The number of benzene rings is 1. The Hall–Kier alpha value is -1.88. The van der Waals surface area contributed by atoms with Gasteiger partial charge in [0.15, 0.2) is 5.78 Å². The zero-order chi connectivity index (χ0) is 14.0. The first-order valence-corrected chi connectivity index (χ1v) is 6.89. The van der Waals surface area contributed by atoms with Crippen LogP contribution in [0.15, 0.2) is 30.3 Å². The third kappa shape index (κ3) is 2.41. The van der Waals surface area contributed by atoms with E-state index in [1.165, 1.54) is 4.90 Å². The van der Waals surface area contributed by atoms with Crippen molar-refractivity contribution in [1.29, 1.82) is 0 Å². The fraction of sp³-hybridized carbons (Fsp3) is 0.467. The lowest BCUT2D eigenvalue weighted by molar-refractivity contribution is -0.123. The molecule has 0 bridgehead atoms. The molecule has 106 valence electrons. The van der Waals surface area contributed by atoms with Crippen LogP contribution in [0.2, 0.25) is 0 Å². The molecule has 5 nitrogen and oxygen atoms in total. The van der Waals surface area contributed by atoms with Crippen molar-refractivity contribution in [3.63, 3.8) is 0 Å². The zero-order valence-electron chi connectivity index (χ0n) is 11.3. The molecule has 1 atom stereocenters. The van der Waals surface area contributed by atoms with Crippen molar-refractivity contribution in [2.45, 2.75) is 13.0 Å². The minimum absolute atomic E-state index is 0.152. The van der Waals surface area contributed by atoms with Gasteiger partial charge in [-0.3, -0.25) is 9.69 Å². The van der Waals surface area contributed by atoms with Crippen molar-refractivity contribution in [1.82, 2.24) is 10.2 Å². The average Bonchev–Trinajstić information content (AvgIpc) is 3.07. The number of nitrogens with one attached hydrogen (secondary N) is 1. The van der Waals surface area contributed by atoms with E-state index in [1.807, 2.05) is 30.3 Å². The Labute approximate surface area is 117 Å². The van der Waals surface area contributed by atoms with E-state index in [9.17, 15) is 9.59 Å². The number of rotatable bonds is 2. The van der Waals surface area contributed by atoms with Gasteiger partial charge in [-0.25, -0.2) is 4.79 Å². The van der Waals surface area contributed by atoms with E-state index in [4.69, 9.17) is 4.74 Å². The Balaban J connectivity index is 1.57. The largest absolute Gasteiger partial charge is 0.445 e. The molecule has 1 spiro atoms. The van der Waals surface area contributed by atoms with E-state index in [0.29, 0.717) is 13.1 Å². The summed E-state index contributed by atoms with van der Waals surface area (Å²) in [5.41, 5.74) is 0.579. The van der Waals surface area contributed by atoms with Gasteiger partial charge >= 0.3 is 6.09 Å². The number of likely N-dealkylation sites (tertiary alicyclic amines) is 1. The normalized spacial score (nSPS) is 25.4. The summed E-state index contributed by atoms with van der Waals surface area (Å²) >= 11 is 0. The van der Waals surface area contributed by atoms with Crippen LogP contribution in [-0.2, 0) is 16.1 Å². The van der Waals surface area contributed by atoms with Gasteiger partial charge in [-0.05, 0) is 18.5 Å². The number of carbonyl (C=O) groups excluding carboxylic acids is 2. The van der Waals surface area contributed by atoms with Crippen LogP contribution < -0.4 is 5.32 Å². The van der Waals surface area contributed by atoms with E-state index in [-0.39, 0.29) is 24.3 Å². The maximum Gasteiger partial charge on any atom is 0.410 e. The molecule has 0 saturated carbocycles. The molecule has 0 aliphatic carbocycles. The van der Waals surface area contributed by atoms with Crippen LogP contribution in [0.1, 0.15) is 12.0 Å². The molecule has 2 heterocycles. The van der Waals surface area contributed by atoms with Crippen molar-refractivity contribution in [2.75, 3.05) is 26.2 Å². The maximum atomic E-state index is 12.1. The standard InChI is InChI=1S/C15H18N2O3/c18-13-8-17(11-15(13)6-7-16-10-15)14(19)20-9-12-4-2-1-3-5-12/h1-5,16H,6-11H2. The molecule has 0 aromatic heterocycles. The van der Waals surface area contributed by atoms with Gasteiger partial charge in [0, 0.05) is 13.1 Å². The molecule has 1 N–H and O–H groups in total. The average molecular weight is 274 g/mol. The monoisotopic (exact) mass is 274 g/mol. The molecular formula is C15H18N2O3. The molecule has 2 saturated heterocycles. The second kappa shape index (κ2) is 5.25. The molecule has 1 aromatic carbocycles. The molecular weight excluding hydrogens is 256 g/mol.